The van der Waals surface area contributed by atoms with Crippen LogP contribution < -0.4 is 0 Å². The zero-order valence-electron chi connectivity index (χ0n) is 16.7. The number of hydrogen-bond acceptors (Lipinski definition) is 3. The Labute approximate surface area is 148 Å². The van der Waals surface area contributed by atoms with Gasteiger partial charge in [0.05, 0.1) is 18.3 Å². The molecule has 0 spiro atoms. The van der Waals surface area contributed by atoms with E-state index in [9.17, 15) is 0 Å². The Morgan fingerprint density at radius 3 is 2.21 bits per heavy atom. The van der Waals surface area contributed by atoms with Gasteiger partial charge in [-0.3, -0.25) is 0 Å². The molecule has 3 heterocycles. The molecule has 0 N–H and O–H groups in total. The minimum Gasteiger partial charge on any atom is -0.381 e. The topological polar surface area (TPSA) is 27.7 Å². The molecule has 0 aromatic rings. The summed E-state index contributed by atoms with van der Waals surface area (Å²) in [7, 11) is 0. The van der Waals surface area contributed by atoms with Crippen molar-refractivity contribution in [3.8, 4) is 0 Å². The highest BCUT2D eigenvalue weighted by Gasteiger charge is 2.54. The van der Waals surface area contributed by atoms with Crippen LogP contribution in [0.4, 0.5) is 0 Å². The third-order valence-electron chi connectivity index (χ3n) is 7.48. The van der Waals surface area contributed by atoms with Gasteiger partial charge >= 0.3 is 0 Å². The number of hydrogen-bond donors (Lipinski definition) is 0. The van der Waals surface area contributed by atoms with Crippen LogP contribution in [0.2, 0.25) is 0 Å². The van der Waals surface area contributed by atoms with Gasteiger partial charge in [-0.05, 0) is 62.2 Å². The van der Waals surface area contributed by atoms with E-state index in [-0.39, 0.29) is 17.1 Å². The standard InChI is InChI=1S/C21H38O3/c1-19(2)10-13-22-14-17(19)15-9-12-23-18(20(15,3)4)16-8-7-11-24-21(16,5)6/h15-18H,7-14H2,1-6H3. The average molecular weight is 339 g/mol. The van der Waals surface area contributed by atoms with Crippen molar-refractivity contribution >= 4 is 0 Å². The van der Waals surface area contributed by atoms with Crippen LogP contribution in [0.1, 0.15) is 67.2 Å². The van der Waals surface area contributed by atoms with E-state index in [1.54, 1.807) is 0 Å². The summed E-state index contributed by atoms with van der Waals surface area (Å²) >= 11 is 0. The molecule has 0 saturated carbocycles. The van der Waals surface area contributed by atoms with Gasteiger partial charge in [0.25, 0.3) is 0 Å². The van der Waals surface area contributed by atoms with Crippen molar-refractivity contribution in [1.82, 2.24) is 0 Å². The van der Waals surface area contributed by atoms with E-state index in [0.717, 1.165) is 39.3 Å². The molecule has 3 aliphatic rings. The van der Waals surface area contributed by atoms with Crippen molar-refractivity contribution in [2.75, 3.05) is 26.4 Å². The van der Waals surface area contributed by atoms with Gasteiger partial charge in [-0.1, -0.05) is 27.7 Å². The normalized spacial score (nSPS) is 41.8. The van der Waals surface area contributed by atoms with Crippen LogP contribution >= 0.6 is 0 Å². The molecule has 3 nitrogen and oxygen atoms in total. The van der Waals surface area contributed by atoms with Gasteiger partial charge in [0.2, 0.25) is 0 Å². The Hall–Kier alpha value is -0.120. The highest BCUT2D eigenvalue weighted by Crippen LogP contribution is 2.54. The van der Waals surface area contributed by atoms with E-state index < -0.39 is 0 Å². The first-order chi connectivity index (χ1) is 11.2. The molecule has 4 atom stereocenters. The molecule has 0 aliphatic carbocycles. The zero-order valence-corrected chi connectivity index (χ0v) is 16.7. The fraction of sp³-hybridized carbons (Fsp3) is 1.00. The van der Waals surface area contributed by atoms with E-state index >= 15 is 0 Å². The monoisotopic (exact) mass is 338 g/mol. The lowest BCUT2D eigenvalue weighted by Gasteiger charge is -2.57. The van der Waals surface area contributed by atoms with Gasteiger partial charge in [0.15, 0.2) is 0 Å². The van der Waals surface area contributed by atoms with Crippen LogP contribution in [0, 0.1) is 28.6 Å². The number of rotatable bonds is 2. The van der Waals surface area contributed by atoms with Gasteiger partial charge < -0.3 is 14.2 Å². The van der Waals surface area contributed by atoms with Crippen LogP contribution in [0.3, 0.4) is 0 Å². The lowest BCUT2D eigenvalue weighted by Crippen LogP contribution is -2.58. The van der Waals surface area contributed by atoms with Gasteiger partial charge in [0.1, 0.15) is 0 Å². The predicted molar refractivity (Wildman–Crippen MR) is 97.1 cm³/mol. The molecule has 4 unspecified atom stereocenters. The van der Waals surface area contributed by atoms with E-state index in [0.29, 0.717) is 23.2 Å². The molecule has 3 saturated heterocycles. The summed E-state index contributed by atoms with van der Waals surface area (Å²) in [6.07, 6.45) is 5.00. The Kier molecular flexibility index (Phi) is 5.10. The summed E-state index contributed by atoms with van der Waals surface area (Å²) < 4.78 is 18.5. The lowest BCUT2D eigenvalue weighted by molar-refractivity contribution is -0.215. The lowest BCUT2D eigenvalue weighted by atomic mass is 9.55. The van der Waals surface area contributed by atoms with Gasteiger partial charge in [-0.2, -0.15) is 0 Å². The maximum atomic E-state index is 6.44. The molecule has 24 heavy (non-hydrogen) atoms. The fourth-order valence-electron chi connectivity index (χ4n) is 5.70. The summed E-state index contributed by atoms with van der Waals surface area (Å²) in [5.41, 5.74) is 0.435. The summed E-state index contributed by atoms with van der Waals surface area (Å²) in [6.45, 7) is 17.9. The maximum Gasteiger partial charge on any atom is 0.0684 e. The second-order valence-electron chi connectivity index (χ2n) is 10.1. The quantitative estimate of drug-likeness (QED) is 0.731. The summed E-state index contributed by atoms with van der Waals surface area (Å²) in [4.78, 5) is 0. The molecule has 0 bridgehead atoms. The molecule has 0 amide bonds. The van der Waals surface area contributed by atoms with Crippen molar-refractivity contribution in [2.24, 2.45) is 28.6 Å². The highest BCUT2D eigenvalue weighted by molar-refractivity contribution is 5.02. The summed E-state index contributed by atoms with van der Waals surface area (Å²) in [5, 5.41) is 0. The minimum atomic E-state index is -0.0827. The SMILES string of the molecule is CC1(C)CCOCC1C1CCOC(C2CCCOC2(C)C)C1(C)C. The van der Waals surface area contributed by atoms with E-state index in [1.165, 1.54) is 12.8 Å². The Balaban J connectivity index is 1.85. The first-order valence-corrected chi connectivity index (χ1v) is 9.99. The molecule has 3 heteroatoms. The number of ether oxygens (including phenoxy) is 3. The van der Waals surface area contributed by atoms with Crippen LogP contribution in [0.15, 0.2) is 0 Å². The van der Waals surface area contributed by atoms with Crippen LogP contribution in [-0.4, -0.2) is 38.1 Å². The molecular weight excluding hydrogens is 300 g/mol. The average Bonchev–Trinajstić information content (AvgIpc) is 2.47. The molecule has 140 valence electrons. The van der Waals surface area contributed by atoms with Gasteiger partial charge in [0, 0.05) is 25.7 Å². The largest absolute Gasteiger partial charge is 0.381 e. The van der Waals surface area contributed by atoms with Gasteiger partial charge in [-0.25, -0.2) is 0 Å². The van der Waals surface area contributed by atoms with E-state index in [2.05, 4.69) is 41.5 Å². The predicted octanol–water partition coefficient (Wildman–Crippen LogP) is 4.69. The Morgan fingerprint density at radius 2 is 1.54 bits per heavy atom. The smallest absolute Gasteiger partial charge is 0.0684 e. The highest BCUT2D eigenvalue weighted by atomic mass is 16.5. The van der Waals surface area contributed by atoms with Crippen LogP contribution in [-0.2, 0) is 14.2 Å². The summed E-state index contributed by atoms with van der Waals surface area (Å²) in [6, 6.07) is 0. The van der Waals surface area contributed by atoms with Crippen molar-refractivity contribution in [3.63, 3.8) is 0 Å². The van der Waals surface area contributed by atoms with Crippen molar-refractivity contribution in [2.45, 2.75) is 78.9 Å². The second-order valence-corrected chi connectivity index (χ2v) is 10.1. The van der Waals surface area contributed by atoms with Crippen LogP contribution in [0.25, 0.3) is 0 Å². The Bertz CT molecular complexity index is 402. The van der Waals surface area contributed by atoms with E-state index in [1.807, 2.05) is 0 Å². The Morgan fingerprint density at radius 1 is 0.792 bits per heavy atom. The third kappa shape index (κ3) is 3.29. The molecule has 0 aromatic carbocycles. The van der Waals surface area contributed by atoms with Crippen molar-refractivity contribution in [1.29, 1.82) is 0 Å². The molecule has 0 radical (unpaired) electrons. The maximum absolute atomic E-state index is 6.44. The molecule has 3 rings (SSSR count). The fourth-order valence-corrected chi connectivity index (χ4v) is 5.70. The molecule has 3 aliphatic heterocycles. The van der Waals surface area contributed by atoms with Gasteiger partial charge in [-0.15, -0.1) is 0 Å². The van der Waals surface area contributed by atoms with Crippen molar-refractivity contribution in [3.05, 3.63) is 0 Å². The molecule has 3 fully saturated rings. The molecule has 0 aromatic heterocycles. The first kappa shape index (κ1) is 18.7. The summed E-state index contributed by atoms with van der Waals surface area (Å²) in [5.74, 6) is 1.77. The van der Waals surface area contributed by atoms with Crippen molar-refractivity contribution < 1.29 is 14.2 Å². The second kappa shape index (κ2) is 6.55. The van der Waals surface area contributed by atoms with Crippen LogP contribution in [0.5, 0.6) is 0 Å². The zero-order chi connectivity index (χ0) is 17.6. The third-order valence-corrected chi connectivity index (χ3v) is 7.48. The van der Waals surface area contributed by atoms with E-state index in [4.69, 9.17) is 14.2 Å². The first-order valence-electron chi connectivity index (χ1n) is 9.99. The minimum absolute atomic E-state index is 0.0827. The molecular formula is C21H38O3.